The molecule has 3 rings (SSSR count). The molecule has 0 radical (unpaired) electrons. The molecule has 2 aromatic heterocycles. The van der Waals surface area contributed by atoms with Crippen molar-refractivity contribution in [2.24, 2.45) is 5.84 Å². The maximum absolute atomic E-state index is 5.87. The Kier molecular flexibility index (Phi) is 2.89. The predicted octanol–water partition coefficient (Wildman–Crippen LogP) is 3.20. The van der Waals surface area contributed by atoms with Crippen LogP contribution < -0.4 is 11.3 Å². The molecule has 4 heteroatoms. The minimum Gasteiger partial charge on any atom is -0.469 e. The van der Waals surface area contributed by atoms with Crippen molar-refractivity contribution in [3.05, 3.63) is 59.2 Å². The van der Waals surface area contributed by atoms with Crippen LogP contribution in [0.2, 0.25) is 0 Å². The second kappa shape index (κ2) is 4.57. The number of rotatable bonds is 3. The third-order valence-corrected chi connectivity index (χ3v) is 3.35. The number of hydrazine groups is 1. The summed E-state index contributed by atoms with van der Waals surface area (Å²) >= 11 is 0. The van der Waals surface area contributed by atoms with Gasteiger partial charge in [-0.05, 0) is 38.1 Å². The van der Waals surface area contributed by atoms with Gasteiger partial charge in [-0.25, -0.2) is 5.43 Å². The van der Waals surface area contributed by atoms with Crippen molar-refractivity contribution >= 4 is 11.0 Å². The molecular weight excluding hydrogens is 240 g/mol. The lowest BCUT2D eigenvalue weighted by Gasteiger charge is -2.11. The van der Waals surface area contributed by atoms with Crippen LogP contribution in [-0.4, -0.2) is 0 Å². The van der Waals surface area contributed by atoms with E-state index in [2.05, 4.69) is 18.4 Å². The summed E-state index contributed by atoms with van der Waals surface area (Å²) in [7, 11) is 0. The lowest BCUT2D eigenvalue weighted by molar-refractivity contribution is 0.465. The molecule has 98 valence electrons. The SMILES string of the molecule is Cc1ccc2oc(C(NN)c3ccoc3C)cc2c1. The Morgan fingerprint density at radius 2 is 2.00 bits per heavy atom. The van der Waals surface area contributed by atoms with Crippen molar-refractivity contribution in [2.75, 3.05) is 0 Å². The average Bonchev–Trinajstić information content (AvgIpc) is 2.97. The van der Waals surface area contributed by atoms with E-state index < -0.39 is 0 Å². The highest BCUT2D eigenvalue weighted by Gasteiger charge is 2.20. The van der Waals surface area contributed by atoms with E-state index in [4.69, 9.17) is 14.7 Å². The van der Waals surface area contributed by atoms with Crippen molar-refractivity contribution in [1.82, 2.24) is 5.43 Å². The number of furan rings is 2. The summed E-state index contributed by atoms with van der Waals surface area (Å²) in [5, 5.41) is 1.08. The van der Waals surface area contributed by atoms with Gasteiger partial charge >= 0.3 is 0 Å². The van der Waals surface area contributed by atoms with Gasteiger partial charge < -0.3 is 8.83 Å². The Bertz CT molecular complexity index is 712. The molecule has 1 aromatic carbocycles. The van der Waals surface area contributed by atoms with Crippen molar-refractivity contribution in [3.8, 4) is 0 Å². The Labute approximate surface area is 111 Å². The molecule has 0 saturated heterocycles. The number of aryl methyl sites for hydroxylation is 2. The van der Waals surface area contributed by atoms with E-state index in [-0.39, 0.29) is 6.04 Å². The van der Waals surface area contributed by atoms with E-state index in [1.807, 2.05) is 31.2 Å². The van der Waals surface area contributed by atoms with Crippen molar-refractivity contribution in [1.29, 1.82) is 0 Å². The Hall–Kier alpha value is -2.04. The fourth-order valence-electron chi connectivity index (χ4n) is 2.35. The lowest BCUT2D eigenvalue weighted by Crippen LogP contribution is -2.28. The van der Waals surface area contributed by atoms with Crippen molar-refractivity contribution < 1.29 is 8.83 Å². The Morgan fingerprint density at radius 3 is 2.68 bits per heavy atom. The standard InChI is InChI=1S/C15H16N2O2/c1-9-3-4-13-11(7-9)8-14(19-13)15(17-16)12-5-6-18-10(12)2/h3-8,15,17H,16H2,1-2H3. The van der Waals surface area contributed by atoms with Crippen molar-refractivity contribution in [3.63, 3.8) is 0 Å². The summed E-state index contributed by atoms with van der Waals surface area (Å²) in [6, 6.07) is 9.81. The number of hydrogen-bond acceptors (Lipinski definition) is 4. The van der Waals surface area contributed by atoms with Gasteiger partial charge in [0.25, 0.3) is 0 Å². The Balaban J connectivity index is 2.09. The predicted molar refractivity (Wildman–Crippen MR) is 73.6 cm³/mol. The monoisotopic (exact) mass is 256 g/mol. The smallest absolute Gasteiger partial charge is 0.134 e. The fraction of sp³-hybridized carbons (Fsp3) is 0.200. The van der Waals surface area contributed by atoms with Crippen LogP contribution in [0.5, 0.6) is 0 Å². The quantitative estimate of drug-likeness (QED) is 0.558. The zero-order chi connectivity index (χ0) is 13.4. The molecule has 0 fully saturated rings. The maximum atomic E-state index is 5.87. The van der Waals surface area contributed by atoms with E-state index in [1.165, 1.54) is 5.56 Å². The minimum absolute atomic E-state index is 0.202. The third kappa shape index (κ3) is 2.05. The molecule has 3 aromatic rings. The van der Waals surface area contributed by atoms with Crippen LogP contribution in [0.4, 0.5) is 0 Å². The molecule has 19 heavy (non-hydrogen) atoms. The third-order valence-electron chi connectivity index (χ3n) is 3.35. The first-order chi connectivity index (χ1) is 9.19. The second-order valence-electron chi connectivity index (χ2n) is 4.72. The molecule has 0 aliphatic carbocycles. The van der Waals surface area contributed by atoms with Gasteiger partial charge in [0.1, 0.15) is 23.1 Å². The molecule has 1 unspecified atom stereocenters. The highest BCUT2D eigenvalue weighted by atomic mass is 16.3. The van der Waals surface area contributed by atoms with Gasteiger partial charge in [0, 0.05) is 10.9 Å². The number of nitrogens with two attached hydrogens (primary N) is 1. The maximum Gasteiger partial charge on any atom is 0.134 e. The molecule has 1 atom stereocenters. The van der Waals surface area contributed by atoms with E-state index in [1.54, 1.807) is 6.26 Å². The molecular formula is C15H16N2O2. The topological polar surface area (TPSA) is 64.3 Å². The van der Waals surface area contributed by atoms with Gasteiger partial charge in [0.15, 0.2) is 0 Å². The second-order valence-corrected chi connectivity index (χ2v) is 4.72. The van der Waals surface area contributed by atoms with Crippen molar-refractivity contribution in [2.45, 2.75) is 19.9 Å². The van der Waals surface area contributed by atoms with Gasteiger partial charge in [0.2, 0.25) is 0 Å². The number of nitrogens with one attached hydrogen (secondary N) is 1. The number of benzene rings is 1. The zero-order valence-corrected chi connectivity index (χ0v) is 10.9. The van der Waals surface area contributed by atoms with Crippen LogP contribution in [0.25, 0.3) is 11.0 Å². The summed E-state index contributed by atoms with van der Waals surface area (Å²) in [5.74, 6) is 7.28. The minimum atomic E-state index is -0.202. The molecule has 0 spiro atoms. The number of hydrogen-bond donors (Lipinski definition) is 2. The van der Waals surface area contributed by atoms with Crippen LogP contribution in [0.15, 0.2) is 45.4 Å². The first-order valence-corrected chi connectivity index (χ1v) is 6.19. The van der Waals surface area contributed by atoms with Crippen LogP contribution in [0, 0.1) is 13.8 Å². The van der Waals surface area contributed by atoms with Gasteiger partial charge in [-0.3, -0.25) is 5.84 Å². The lowest BCUT2D eigenvalue weighted by atomic mass is 10.1. The molecule has 0 aliphatic heterocycles. The van der Waals surface area contributed by atoms with Gasteiger partial charge in [0.05, 0.1) is 6.26 Å². The molecule has 3 N–H and O–H groups in total. The molecule has 0 saturated carbocycles. The molecule has 4 nitrogen and oxygen atoms in total. The highest BCUT2D eigenvalue weighted by molar-refractivity contribution is 5.79. The fourth-order valence-corrected chi connectivity index (χ4v) is 2.35. The Morgan fingerprint density at radius 1 is 1.16 bits per heavy atom. The van der Waals surface area contributed by atoms with Crippen LogP contribution >= 0.6 is 0 Å². The van der Waals surface area contributed by atoms with Gasteiger partial charge in [-0.2, -0.15) is 0 Å². The van der Waals surface area contributed by atoms with Crippen LogP contribution in [-0.2, 0) is 0 Å². The summed E-state index contributed by atoms with van der Waals surface area (Å²) in [5.41, 5.74) is 5.84. The number of fused-ring (bicyclic) bond motifs is 1. The van der Waals surface area contributed by atoms with E-state index in [0.29, 0.717) is 0 Å². The molecule has 2 heterocycles. The van der Waals surface area contributed by atoms with E-state index >= 15 is 0 Å². The molecule has 0 bridgehead atoms. The van der Waals surface area contributed by atoms with E-state index in [0.717, 1.165) is 28.1 Å². The summed E-state index contributed by atoms with van der Waals surface area (Å²) < 4.78 is 11.2. The first-order valence-electron chi connectivity index (χ1n) is 6.19. The van der Waals surface area contributed by atoms with Gasteiger partial charge in [-0.15, -0.1) is 0 Å². The highest BCUT2D eigenvalue weighted by Crippen LogP contribution is 2.30. The average molecular weight is 256 g/mol. The summed E-state index contributed by atoms with van der Waals surface area (Å²) in [4.78, 5) is 0. The summed E-state index contributed by atoms with van der Waals surface area (Å²) in [6.07, 6.45) is 1.65. The molecule has 0 aliphatic rings. The van der Waals surface area contributed by atoms with Crippen LogP contribution in [0.1, 0.15) is 28.7 Å². The van der Waals surface area contributed by atoms with E-state index in [9.17, 15) is 0 Å². The first kappa shape index (κ1) is 12.0. The zero-order valence-electron chi connectivity index (χ0n) is 10.9. The molecule has 0 amide bonds. The van der Waals surface area contributed by atoms with Crippen LogP contribution in [0.3, 0.4) is 0 Å². The largest absolute Gasteiger partial charge is 0.469 e. The normalized spacial score (nSPS) is 13.0. The summed E-state index contributed by atoms with van der Waals surface area (Å²) in [6.45, 7) is 3.97. The van der Waals surface area contributed by atoms with Gasteiger partial charge in [-0.1, -0.05) is 11.6 Å².